The molecular formula is C20H32F2N4O2. The molecule has 2 rings (SSSR count). The minimum atomic E-state index is -2.59. The minimum Gasteiger partial charge on any atom is -0.480 e. The predicted molar refractivity (Wildman–Crippen MR) is 106 cm³/mol. The lowest BCUT2D eigenvalue weighted by Gasteiger charge is -2.43. The maximum atomic E-state index is 13.3. The number of anilines is 1. The van der Waals surface area contributed by atoms with Gasteiger partial charge >= 0.3 is 5.97 Å². The SMILES string of the molecule is CCc1ccc(CCCCN(CCC(N)C(=O)O)C2CC(F)(F)C2)nc1NC. The van der Waals surface area contributed by atoms with Crippen molar-refractivity contribution in [3.63, 3.8) is 0 Å². The van der Waals surface area contributed by atoms with Crippen LogP contribution in [0.1, 0.15) is 50.3 Å². The van der Waals surface area contributed by atoms with Crippen LogP contribution in [0.3, 0.4) is 0 Å². The van der Waals surface area contributed by atoms with Crippen LogP contribution in [-0.4, -0.2) is 59.1 Å². The zero-order valence-electron chi connectivity index (χ0n) is 16.8. The van der Waals surface area contributed by atoms with Crippen molar-refractivity contribution in [2.24, 2.45) is 5.73 Å². The third kappa shape index (κ3) is 6.38. The molecule has 0 saturated heterocycles. The molecule has 0 radical (unpaired) electrons. The van der Waals surface area contributed by atoms with E-state index in [4.69, 9.17) is 10.8 Å². The van der Waals surface area contributed by atoms with Gasteiger partial charge in [0.15, 0.2) is 0 Å². The second-order valence-electron chi connectivity index (χ2n) is 7.56. The van der Waals surface area contributed by atoms with E-state index in [9.17, 15) is 13.6 Å². The summed E-state index contributed by atoms with van der Waals surface area (Å²) < 4.78 is 26.5. The Hall–Kier alpha value is -1.80. The lowest BCUT2D eigenvalue weighted by Crippen LogP contribution is -2.52. The topological polar surface area (TPSA) is 91.5 Å². The van der Waals surface area contributed by atoms with Crippen LogP contribution < -0.4 is 11.1 Å². The van der Waals surface area contributed by atoms with E-state index in [0.29, 0.717) is 13.1 Å². The third-order valence-electron chi connectivity index (χ3n) is 5.41. The van der Waals surface area contributed by atoms with Crippen molar-refractivity contribution in [3.8, 4) is 0 Å². The number of pyridine rings is 1. The molecule has 1 atom stereocenters. The molecule has 0 aliphatic heterocycles. The van der Waals surface area contributed by atoms with Crippen molar-refractivity contribution in [2.45, 2.75) is 69.9 Å². The zero-order valence-corrected chi connectivity index (χ0v) is 16.8. The van der Waals surface area contributed by atoms with Crippen LogP contribution in [0.25, 0.3) is 0 Å². The Morgan fingerprint density at radius 3 is 2.68 bits per heavy atom. The molecule has 1 aliphatic rings. The number of hydrogen-bond donors (Lipinski definition) is 3. The van der Waals surface area contributed by atoms with Crippen molar-refractivity contribution in [1.82, 2.24) is 9.88 Å². The molecule has 158 valence electrons. The van der Waals surface area contributed by atoms with Crippen LogP contribution in [0.15, 0.2) is 12.1 Å². The highest BCUT2D eigenvalue weighted by Crippen LogP contribution is 2.40. The summed E-state index contributed by atoms with van der Waals surface area (Å²) in [5.74, 6) is -2.74. The average Bonchev–Trinajstić information content (AvgIpc) is 2.64. The summed E-state index contributed by atoms with van der Waals surface area (Å²) in [6, 6.07) is 2.98. The Balaban J connectivity index is 1.82. The summed E-state index contributed by atoms with van der Waals surface area (Å²) in [5.41, 5.74) is 7.76. The van der Waals surface area contributed by atoms with E-state index in [1.165, 1.54) is 5.56 Å². The smallest absolute Gasteiger partial charge is 0.320 e. The van der Waals surface area contributed by atoms with E-state index >= 15 is 0 Å². The molecule has 8 heteroatoms. The highest BCUT2D eigenvalue weighted by molar-refractivity contribution is 5.72. The number of nitrogens with zero attached hydrogens (tertiary/aromatic N) is 2. The molecule has 6 nitrogen and oxygen atoms in total. The van der Waals surface area contributed by atoms with Crippen molar-refractivity contribution >= 4 is 11.8 Å². The lowest BCUT2D eigenvalue weighted by molar-refractivity contribution is -0.140. The molecule has 1 aliphatic carbocycles. The predicted octanol–water partition coefficient (Wildman–Crippen LogP) is 2.91. The Morgan fingerprint density at radius 1 is 1.39 bits per heavy atom. The molecule has 1 unspecified atom stereocenters. The number of alkyl halides is 2. The number of hydrogen-bond acceptors (Lipinski definition) is 5. The number of rotatable bonds is 12. The number of nitrogens with one attached hydrogen (secondary N) is 1. The summed E-state index contributed by atoms with van der Waals surface area (Å²) in [5, 5.41) is 12.1. The fraction of sp³-hybridized carbons (Fsp3) is 0.700. The van der Waals surface area contributed by atoms with Gasteiger partial charge in [-0.15, -0.1) is 0 Å². The second kappa shape index (κ2) is 10.1. The van der Waals surface area contributed by atoms with E-state index < -0.39 is 17.9 Å². The summed E-state index contributed by atoms with van der Waals surface area (Å²) in [4.78, 5) is 17.5. The van der Waals surface area contributed by atoms with E-state index in [0.717, 1.165) is 37.2 Å². The van der Waals surface area contributed by atoms with Gasteiger partial charge in [-0.05, 0) is 50.3 Å². The highest BCUT2D eigenvalue weighted by Gasteiger charge is 2.47. The zero-order chi connectivity index (χ0) is 20.7. The molecule has 0 spiro atoms. The van der Waals surface area contributed by atoms with Gasteiger partial charge in [-0.25, -0.2) is 13.8 Å². The first-order chi connectivity index (χ1) is 13.3. The number of unbranched alkanes of at least 4 members (excludes halogenated alkanes) is 1. The fourth-order valence-corrected chi connectivity index (χ4v) is 3.58. The maximum absolute atomic E-state index is 13.3. The van der Waals surface area contributed by atoms with E-state index in [-0.39, 0.29) is 25.3 Å². The van der Waals surface area contributed by atoms with Gasteiger partial charge < -0.3 is 16.2 Å². The standard InChI is InChI=1S/C20H32F2N4O2/c1-3-14-7-8-15(25-18(14)24-2)6-4-5-10-26(11-9-17(23)19(27)28)16-12-20(21,22)13-16/h7-8,16-17H,3-6,9-13,23H2,1-2H3,(H,24,25)(H,27,28). The largest absolute Gasteiger partial charge is 0.480 e. The van der Waals surface area contributed by atoms with Gasteiger partial charge in [0.1, 0.15) is 11.9 Å². The first-order valence-electron chi connectivity index (χ1n) is 10.0. The molecular weight excluding hydrogens is 366 g/mol. The van der Waals surface area contributed by atoms with Gasteiger partial charge in [0, 0.05) is 38.2 Å². The quantitative estimate of drug-likeness (QED) is 0.469. The third-order valence-corrected chi connectivity index (χ3v) is 5.41. The number of carboxylic acids is 1. The normalized spacial score (nSPS) is 17.4. The molecule has 1 aromatic rings. The molecule has 28 heavy (non-hydrogen) atoms. The van der Waals surface area contributed by atoms with Crippen LogP contribution in [0, 0.1) is 0 Å². The number of carboxylic acid groups (broad SMARTS) is 1. The lowest BCUT2D eigenvalue weighted by atomic mass is 9.86. The number of aromatic nitrogens is 1. The summed E-state index contributed by atoms with van der Waals surface area (Å²) in [6.45, 7) is 3.19. The molecule has 4 N–H and O–H groups in total. The fourth-order valence-electron chi connectivity index (χ4n) is 3.58. The molecule has 1 fully saturated rings. The number of carbonyl (C=O) groups is 1. The summed E-state index contributed by atoms with van der Waals surface area (Å²) in [6.07, 6.45) is 3.44. The summed E-state index contributed by atoms with van der Waals surface area (Å²) >= 11 is 0. The van der Waals surface area contributed by atoms with Gasteiger partial charge in [-0.3, -0.25) is 9.69 Å². The monoisotopic (exact) mass is 398 g/mol. The highest BCUT2D eigenvalue weighted by atomic mass is 19.3. The van der Waals surface area contributed by atoms with E-state index in [1.807, 2.05) is 18.0 Å². The Labute approximate surface area is 165 Å². The number of aryl methyl sites for hydroxylation is 2. The van der Waals surface area contributed by atoms with Crippen molar-refractivity contribution in [1.29, 1.82) is 0 Å². The molecule has 1 heterocycles. The summed E-state index contributed by atoms with van der Waals surface area (Å²) in [7, 11) is 1.86. The average molecular weight is 398 g/mol. The minimum absolute atomic E-state index is 0.152. The molecule has 0 bridgehead atoms. The maximum Gasteiger partial charge on any atom is 0.320 e. The molecule has 1 aromatic heterocycles. The molecule has 0 amide bonds. The Bertz CT molecular complexity index is 649. The Morgan fingerprint density at radius 2 is 2.11 bits per heavy atom. The van der Waals surface area contributed by atoms with Crippen LogP contribution in [0.5, 0.6) is 0 Å². The van der Waals surface area contributed by atoms with E-state index in [1.54, 1.807) is 0 Å². The van der Waals surface area contributed by atoms with Gasteiger partial charge in [-0.1, -0.05) is 13.0 Å². The van der Waals surface area contributed by atoms with E-state index in [2.05, 4.69) is 23.3 Å². The molecule has 1 saturated carbocycles. The number of halogens is 2. The van der Waals surface area contributed by atoms with Crippen LogP contribution >= 0.6 is 0 Å². The van der Waals surface area contributed by atoms with Crippen LogP contribution in [0.2, 0.25) is 0 Å². The van der Waals surface area contributed by atoms with Crippen molar-refractivity contribution < 1.29 is 18.7 Å². The second-order valence-corrected chi connectivity index (χ2v) is 7.56. The number of nitrogens with two attached hydrogens (primary N) is 1. The first-order valence-corrected chi connectivity index (χ1v) is 10.0. The van der Waals surface area contributed by atoms with Crippen molar-refractivity contribution in [2.75, 3.05) is 25.5 Å². The molecule has 0 aromatic carbocycles. The van der Waals surface area contributed by atoms with Gasteiger partial charge in [0.2, 0.25) is 0 Å². The van der Waals surface area contributed by atoms with Gasteiger partial charge in [-0.2, -0.15) is 0 Å². The number of aliphatic carboxylic acids is 1. The van der Waals surface area contributed by atoms with Gasteiger partial charge in [0.25, 0.3) is 5.92 Å². The van der Waals surface area contributed by atoms with Crippen molar-refractivity contribution in [3.05, 3.63) is 23.4 Å². The van der Waals surface area contributed by atoms with Gasteiger partial charge in [0.05, 0.1) is 0 Å². The van der Waals surface area contributed by atoms with Crippen LogP contribution in [-0.2, 0) is 17.6 Å². The first kappa shape index (κ1) is 22.5. The Kier molecular flexibility index (Phi) is 8.12. The van der Waals surface area contributed by atoms with Crippen LogP contribution in [0.4, 0.5) is 14.6 Å².